The van der Waals surface area contributed by atoms with Crippen molar-refractivity contribution in [1.82, 2.24) is 15.1 Å². The lowest BCUT2D eigenvalue weighted by atomic mass is 10.0. The Balaban J connectivity index is 1.74. The van der Waals surface area contributed by atoms with E-state index in [1.807, 2.05) is 48.1 Å². The maximum absolute atomic E-state index is 11.8. The number of aryl methyl sites for hydroxylation is 1. The van der Waals surface area contributed by atoms with Crippen molar-refractivity contribution in [2.45, 2.75) is 18.9 Å². The first-order valence-corrected chi connectivity index (χ1v) is 6.71. The van der Waals surface area contributed by atoms with Gasteiger partial charge in [0.1, 0.15) is 0 Å². The van der Waals surface area contributed by atoms with Crippen LogP contribution in [0.2, 0.25) is 0 Å². The zero-order valence-electron chi connectivity index (χ0n) is 11.6. The predicted octanol–water partition coefficient (Wildman–Crippen LogP) is 1.17. The predicted molar refractivity (Wildman–Crippen MR) is 77.9 cm³/mol. The van der Waals surface area contributed by atoms with Crippen LogP contribution >= 0.6 is 0 Å². The molecule has 106 valence electrons. The quantitative estimate of drug-likeness (QED) is 0.829. The number of benzene rings is 1. The molecule has 1 unspecified atom stereocenters. The van der Waals surface area contributed by atoms with Crippen LogP contribution in [-0.4, -0.2) is 22.2 Å². The number of nitrogens with two attached hydrogens (primary N) is 1. The van der Waals surface area contributed by atoms with Gasteiger partial charge in [0.25, 0.3) is 0 Å². The zero-order chi connectivity index (χ0) is 14.4. The Morgan fingerprint density at radius 3 is 2.75 bits per heavy atom. The highest BCUT2D eigenvalue weighted by atomic mass is 16.1. The van der Waals surface area contributed by atoms with Crippen molar-refractivity contribution in [3.63, 3.8) is 0 Å². The topological polar surface area (TPSA) is 72.9 Å². The second-order valence-electron chi connectivity index (χ2n) is 4.77. The first kappa shape index (κ1) is 14.3. The van der Waals surface area contributed by atoms with Gasteiger partial charge >= 0.3 is 0 Å². The Bertz CT molecular complexity index is 550. The van der Waals surface area contributed by atoms with Gasteiger partial charge in [0.15, 0.2) is 0 Å². The van der Waals surface area contributed by atoms with Crippen LogP contribution in [0.15, 0.2) is 42.6 Å². The van der Waals surface area contributed by atoms with Crippen molar-refractivity contribution in [3.8, 4) is 0 Å². The van der Waals surface area contributed by atoms with Crippen molar-refractivity contribution < 1.29 is 4.79 Å². The summed E-state index contributed by atoms with van der Waals surface area (Å²) < 4.78 is 1.81. The molecule has 1 heterocycles. The number of nitrogens with zero attached hydrogens (tertiary/aromatic N) is 2. The van der Waals surface area contributed by atoms with Crippen molar-refractivity contribution in [3.05, 3.63) is 53.9 Å². The summed E-state index contributed by atoms with van der Waals surface area (Å²) in [6, 6.07) is 11.4. The monoisotopic (exact) mass is 272 g/mol. The molecule has 5 heteroatoms. The van der Waals surface area contributed by atoms with E-state index < -0.39 is 0 Å². The van der Waals surface area contributed by atoms with Crippen LogP contribution in [0.1, 0.15) is 23.7 Å². The van der Waals surface area contributed by atoms with Gasteiger partial charge in [-0.2, -0.15) is 5.10 Å². The maximum atomic E-state index is 11.8. The van der Waals surface area contributed by atoms with E-state index in [2.05, 4.69) is 10.4 Å². The minimum atomic E-state index is -0.257. The summed E-state index contributed by atoms with van der Waals surface area (Å²) in [5.41, 5.74) is 8.09. The van der Waals surface area contributed by atoms with E-state index in [0.717, 1.165) is 17.7 Å². The normalized spacial score (nSPS) is 12.1. The van der Waals surface area contributed by atoms with Gasteiger partial charge in [0, 0.05) is 44.4 Å². The molecule has 0 spiro atoms. The highest BCUT2D eigenvalue weighted by Gasteiger charge is 2.11. The molecule has 1 atom stereocenters. The molecule has 2 aromatic rings. The van der Waals surface area contributed by atoms with E-state index in [1.165, 1.54) is 0 Å². The molecule has 0 saturated heterocycles. The summed E-state index contributed by atoms with van der Waals surface area (Å²) in [5.74, 6) is -0.0245. The highest BCUT2D eigenvalue weighted by Crippen LogP contribution is 2.12. The third kappa shape index (κ3) is 3.93. The van der Waals surface area contributed by atoms with Crippen LogP contribution in [0.4, 0.5) is 0 Å². The molecular formula is C15H20N4O. The fraction of sp³-hybridized carbons (Fsp3) is 0.333. The fourth-order valence-electron chi connectivity index (χ4n) is 2.07. The zero-order valence-corrected chi connectivity index (χ0v) is 11.6. The average Bonchev–Trinajstić information content (AvgIpc) is 2.85. The summed E-state index contributed by atoms with van der Waals surface area (Å²) in [6.45, 7) is 0.597. The third-order valence-electron chi connectivity index (χ3n) is 3.26. The first-order chi connectivity index (χ1) is 9.66. The van der Waals surface area contributed by atoms with Crippen molar-refractivity contribution >= 4 is 5.91 Å². The summed E-state index contributed by atoms with van der Waals surface area (Å²) in [5, 5.41) is 6.98. The Kier molecular flexibility index (Phi) is 4.90. The fourth-order valence-corrected chi connectivity index (χ4v) is 2.07. The standard InChI is InChI=1S/C15H20N4O/c1-19-13(8-10-18-19)7-9-17-15(20)11-14(16)12-5-3-2-4-6-12/h2-6,8,10,14H,7,9,11,16H2,1H3,(H,17,20). The van der Waals surface area contributed by atoms with E-state index >= 15 is 0 Å². The van der Waals surface area contributed by atoms with Crippen LogP contribution in [0.3, 0.4) is 0 Å². The summed E-state index contributed by atoms with van der Waals surface area (Å²) >= 11 is 0. The molecule has 20 heavy (non-hydrogen) atoms. The molecule has 0 saturated carbocycles. The van der Waals surface area contributed by atoms with Gasteiger partial charge in [0.2, 0.25) is 5.91 Å². The number of hydrogen-bond acceptors (Lipinski definition) is 3. The minimum absolute atomic E-state index is 0.0245. The number of aromatic nitrogens is 2. The second kappa shape index (κ2) is 6.86. The third-order valence-corrected chi connectivity index (χ3v) is 3.26. The highest BCUT2D eigenvalue weighted by molar-refractivity contribution is 5.76. The molecule has 2 rings (SSSR count). The van der Waals surface area contributed by atoms with Gasteiger partial charge in [-0.3, -0.25) is 9.48 Å². The molecule has 0 bridgehead atoms. The lowest BCUT2D eigenvalue weighted by molar-refractivity contribution is -0.121. The Hall–Kier alpha value is -2.14. The molecule has 0 fully saturated rings. The van der Waals surface area contributed by atoms with E-state index in [0.29, 0.717) is 13.0 Å². The van der Waals surface area contributed by atoms with Crippen LogP contribution < -0.4 is 11.1 Å². The van der Waals surface area contributed by atoms with Gasteiger partial charge in [-0.05, 0) is 11.6 Å². The van der Waals surface area contributed by atoms with Gasteiger partial charge in [0.05, 0.1) is 0 Å². The Labute approximate surface area is 118 Å². The molecule has 0 radical (unpaired) electrons. The van der Waals surface area contributed by atoms with Crippen LogP contribution in [-0.2, 0) is 18.3 Å². The largest absolute Gasteiger partial charge is 0.356 e. The van der Waals surface area contributed by atoms with E-state index in [1.54, 1.807) is 6.20 Å². The SMILES string of the molecule is Cn1nccc1CCNC(=O)CC(N)c1ccccc1. The van der Waals surface area contributed by atoms with Gasteiger partial charge in [-0.25, -0.2) is 0 Å². The molecule has 5 nitrogen and oxygen atoms in total. The Morgan fingerprint density at radius 2 is 2.10 bits per heavy atom. The number of hydrogen-bond donors (Lipinski definition) is 2. The molecule has 1 aromatic carbocycles. The number of carbonyl (C=O) groups excluding carboxylic acids is 1. The maximum Gasteiger partial charge on any atom is 0.221 e. The Morgan fingerprint density at radius 1 is 1.35 bits per heavy atom. The smallest absolute Gasteiger partial charge is 0.221 e. The first-order valence-electron chi connectivity index (χ1n) is 6.71. The number of amides is 1. The summed E-state index contributed by atoms with van der Waals surface area (Å²) in [6.07, 6.45) is 2.82. The summed E-state index contributed by atoms with van der Waals surface area (Å²) in [4.78, 5) is 11.8. The molecule has 0 aliphatic rings. The van der Waals surface area contributed by atoms with Crippen molar-refractivity contribution in [1.29, 1.82) is 0 Å². The van der Waals surface area contributed by atoms with E-state index in [9.17, 15) is 4.79 Å². The summed E-state index contributed by atoms with van der Waals surface area (Å²) in [7, 11) is 1.89. The van der Waals surface area contributed by atoms with Gasteiger partial charge in [-0.15, -0.1) is 0 Å². The lowest BCUT2D eigenvalue weighted by Crippen LogP contribution is -2.29. The molecule has 1 aromatic heterocycles. The molecule has 0 aliphatic carbocycles. The average molecular weight is 272 g/mol. The molecule has 0 aliphatic heterocycles. The molecule has 3 N–H and O–H groups in total. The van der Waals surface area contributed by atoms with E-state index in [4.69, 9.17) is 5.73 Å². The second-order valence-corrected chi connectivity index (χ2v) is 4.77. The lowest BCUT2D eigenvalue weighted by Gasteiger charge is -2.12. The van der Waals surface area contributed by atoms with Gasteiger partial charge < -0.3 is 11.1 Å². The van der Waals surface area contributed by atoms with Crippen LogP contribution in [0, 0.1) is 0 Å². The molecule has 1 amide bonds. The van der Waals surface area contributed by atoms with Crippen molar-refractivity contribution in [2.24, 2.45) is 12.8 Å². The van der Waals surface area contributed by atoms with Gasteiger partial charge in [-0.1, -0.05) is 30.3 Å². The number of rotatable bonds is 6. The minimum Gasteiger partial charge on any atom is -0.356 e. The number of carbonyl (C=O) groups is 1. The van der Waals surface area contributed by atoms with E-state index in [-0.39, 0.29) is 11.9 Å². The number of nitrogens with one attached hydrogen (secondary N) is 1. The van der Waals surface area contributed by atoms with Crippen LogP contribution in [0.5, 0.6) is 0 Å². The van der Waals surface area contributed by atoms with Crippen molar-refractivity contribution in [2.75, 3.05) is 6.54 Å². The molecular weight excluding hydrogens is 252 g/mol. The van der Waals surface area contributed by atoms with Crippen LogP contribution in [0.25, 0.3) is 0 Å².